The minimum absolute atomic E-state index is 0.177. The molecule has 1 aliphatic rings. The molecule has 0 aromatic heterocycles. The average Bonchev–Trinajstić information content (AvgIpc) is 2.45. The molecule has 3 heteroatoms. The first-order chi connectivity index (χ1) is 9.63. The largest absolute Gasteiger partial charge is 0.494 e. The van der Waals surface area contributed by atoms with Crippen molar-refractivity contribution in [3.63, 3.8) is 0 Å². The SMILES string of the molecule is CCCOc1cc(C)c(C(=O)C2CCNCC2)c(C)c1. The second-order valence-electron chi connectivity index (χ2n) is 5.67. The van der Waals surface area contributed by atoms with Crippen molar-refractivity contribution < 1.29 is 9.53 Å². The van der Waals surface area contributed by atoms with Gasteiger partial charge in [0, 0.05) is 11.5 Å². The highest BCUT2D eigenvalue weighted by Crippen LogP contribution is 2.27. The van der Waals surface area contributed by atoms with Crippen molar-refractivity contribution in [3.05, 3.63) is 28.8 Å². The Morgan fingerprint density at radius 2 is 1.85 bits per heavy atom. The predicted octanol–water partition coefficient (Wildman–Crippen LogP) is 3.27. The molecule has 1 aliphatic heterocycles. The summed E-state index contributed by atoms with van der Waals surface area (Å²) >= 11 is 0. The van der Waals surface area contributed by atoms with Gasteiger partial charge < -0.3 is 10.1 Å². The van der Waals surface area contributed by atoms with Gasteiger partial charge in [0.2, 0.25) is 0 Å². The standard InChI is InChI=1S/C17H25NO2/c1-4-9-20-15-10-12(2)16(13(3)11-15)17(19)14-5-7-18-8-6-14/h10-11,14,18H,4-9H2,1-3H3. The molecule has 1 heterocycles. The zero-order chi connectivity index (χ0) is 14.5. The molecular formula is C17H25NO2. The van der Waals surface area contributed by atoms with Crippen LogP contribution >= 0.6 is 0 Å². The van der Waals surface area contributed by atoms with E-state index in [2.05, 4.69) is 12.2 Å². The number of ketones is 1. The fourth-order valence-corrected chi connectivity index (χ4v) is 2.90. The van der Waals surface area contributed by atoms with Gasteiger partial charge in [0.1, 0.15) is 5.75 Å². The van der Waals surface area contributed by atoms with Crippen molar-refractivity contribution in [1.82, 2.24) is 5.32 Å². The first kappa shape index (κ1) is 15.0. The summed E-state index contributed by atoms with van der Waals surface area (Å²) in [5, 5.41) is 3.31. The van der Waals surface area contributed by atoms with Crippen LogP contribution in [0.4, 0.5) is 0 Å². The second-order valence-corrected chi connectivity index (χ2v) is 5.67. The van der Waals surface area contributed by atoms with Gasteiger partial charge in [-0.3, -0.25) is 4.79 Å². The highest BCUT2D eigenvalue weighted by molar-refractivity contribution is 6.00. The summed E-state index contributed by atoms with van der Waals surface area (Å²) in [6.45, 7) is 8.74. The highest BCUT2D eigenvalue weighted by Gasteiger charge is 2.24. The number of carbonyl (C=O) groups excluding carboxylic acids is 1. The zero-order valence-electron chi connectivity index (χ0n) is 12.8. The lowest BCUT2D eigenvalue weighted by Crippen LogP contribution is -2.32. The number of carbonyl (C=O) groups is 1. The maximum Gasteiger partial charge on any atom is 0.166 e. The normalized spacial score (nSPS) is 16.1. The molecule has 20 heavy (non-hydrogen) atoms. The third kappa shape index (κ3) is 3.40. The predicted molar refractivity (Wildman–Crippen MR) is 81.6 cm³/mol. The summed E-state index contributed by atoms with van der Waals surface area (Å²) < 4.78 is 5.68. The molecule has 0 radical (unpaired) electrons. The van der Waals surface area contributed by atoms with Gasteiger partial charge >= 0.3 is 0 Å². The number of piperidine rings is 1. The van der Waals surface area contributed by atoms with Crippen LogP contribution in [0.25, 0.3) is 0 Å². The van der Waals surface area contributed by atoms with E-state index < -0.39 is 0 Å². The second kappa shape index (κ2) is 6.89. The van der Waals surface area contributed by atoms with Crippen molar-refractivity contribution in [2.45, 2.75) is 40.0 Å². The fourth-order valence-electron chi connectivity index (χ4n) is 2.90. The van der Waals surface area contributed by atoms with Crippen molar-refractivity contribution in [3.8, 4) is 5.75 Å². The fraction of sp³-hybridized carbons (Fsp3) is 0.588. The van der Waals surface area contributed by atoms with Gasteiger partial charge in [-0.1, -0.05) is 6.92 Å². The number of benzene rings is 1. The van der Waals surface area contributed by atoms with Crippen molar-refractivity contribution in [2.24, 2.45) is 5.92 Å². The molecule has 0 amide bonds. The minimum Gasteiger partial charge on any atom is -0.494 e. The number of aryl methyl sites for hydroxylation is 2. The van der Waals surface area contributed by atoms with Crippen LogP contribution in [0.1, 0.15) is 47.7 Å². The molecule has 2 rings (SSSR count). The molecule has 0 saturated carbocycles. The number of rotatable bonds is 5. The monoisotopic (exact) mass is 275 g/mol. The smallest absolute Gasteiger partial charge is 0.166 e. The van der Waals surface area contributed by atoms with E-state index in [0.29, 0.717) is 5.78 Å². The Morgan fingerprint density at radius 1 is 1.25 bits per heavy atom. The number of ether oxygens (including phenoxy) is 1. The van der Waals surface area contributed by atoms with E-state index in [0.717, 1.165) is 61.4 Å². The lowest BCUT2D eigenvalue weighted by molar-refractivity contribution is 0.0893. The number of hydrogen-bond donors (Lipinski definition) is 1. The van der Waals surface area contributed by atoms with E-state index in [1.165, 1.54) is 0 Å². The summed E-state index contributed by atoms with van der Waals surface area (Å²) in [6, 6.07) is 3.99. The summed E-state index contributed by atoms with van der Waals surface area (Å²) in [5.74, 6) is 1.36. The van der Waals surface area contributed by atoms with E-state index in [9.17, 15) is 4.79 Å². The number of Topliss-reactive ketones (excluding diaryl/α,β-unsaturated/α-hetero) is 1. The molecule has 1 aromatic rings. The Kier molecular flexibility index (Phi) is 5.18. The average molecular weight is 275 g/mol. The van der Waals surface area contributed by atoms with Gasteiger partial charge in [0.25, 0.3) is 0 Å². The van der Waals surface area contributed by atoms with E-state index >= 15 is 0 Å². The first-order valence-electron chi connectivity index (χ1n) is 7.62. The van der Waals surface area contributed by atoms with Crippen molar-refractivity contribution in [1.29, 1.82) is 0 Å². The molecule has 0 aliphatic carbocycles. The van der Waals surface area contributed by atoms with Gasteiger partial charge in [-0.15, -0.1) is 0 Å². The Balaban J connectivity index is 2.20. The molecule has 1 saturated heterocycles. The number of nitrogens with one attached hydrogen (secondary N) is 1. The van der Waals surface area contributed by atoms with Crippen LogP contribution < -0.4 is 10.1 Å². The molecular weight excluding hydrogens is 250 g/mol. The zero-order valence-corrected chi connectivity index (χ0v) is 12.8. The molecule has 3 nitrogen and oxygen atoms in total. The van der Waals surface area contributed by atoms with Gasteiger partial charge in [0.05, 0.1) is 6.61 Å². The van der Waals surface area contributed by atoms with Crippen LogP contribution in [-0.4, -0.2) is 25.5 Å². The van der Waals surface area contributed by atoms with E-state index in [-0.39, 0.29) is 5.92 Å². The van der Waals surface area contributed by atoms with E-state index in [1.54, 1.807) is 0 Å². The maximum atomic E-state index is 12.7. The molecule has 1 fully saturated rings. The summed E-state index contributed by atoms with van der Waals surface area (Å²) in [6.07, 6.45) is 2.89. The summed E-state index contributed by atoms with van der Waals surface area (Å²) in [7, 11) is 0. The van der Waals surface area contributed by atoms with Gasteiger partial charge in [0.15, 0.2) is 5.78 Å². The molecule has 1 N–H and O–H groups in total. The quantitative estimate of drug-likeness (QED) is 0.838. The Morgan fingerprint density at radius 3 is 2.40 bits per heavy atom. The third-order valence-corrected chi connectivity index (χ3v) is 3.94. The van der Waals surface area contributed by atoms with Gasteiger partial charge in [-0.25, -0.2) is 0 Å². The Hall–Kier alpha value is -1.35. The maximum absolute atomic E-state index is 12.7. The van der Waals surface area contributed by atoms with Gasteiger partial charge in [-0.2, -0.15) is 0 Å². The Labute approximate surface area is 121 Å². The molecule has 0 bridgehead atoms. The lowest BCUT2D eigenvalue weighted by Gasteiger charge is -2.23. The Bertz CT molecular complexity index is 453. The van der Waals surface area contributed by atoms with Crippen LogP contribution in [0.3, 0.4) is 0 Å². The first-order valence-corrected chi connectivity index (χ1v) is 7.62. The van der Waals surface area contributed by atoms with E-state index in [1.807, 2.05) is 26.0 Å². The van der Waals surface area contributed by atoms with Crippen LogP contribution in [0.2, 0.25) is 0 Å². The minimum atomic E-state index is 0.177. The molecule has 0 atom stereocenters. The molecule has 0 unspecified atom stereocenters. The van der Waals surface area contributed by atoms with Crippen molar-refractivity contribution in [2.75, 3.05) is 19.7 Å². The molecule has 110 valence electrons. The van der Waals surface area contributed by atoms with Crippen LogP contribution in [0.15, 0.2) is 12.1 Å². The van der Waals surface area contributed by atoms with Crippen molar-refractivity contribution >= 4 is 5.78 Å². The van der Waals surface area contributed by atoms with Gasteiger partial charge in [-0.05, 0) is 69.5 Å². The van der Waals surface area contributed by atoms with Crippen LogP contribution in [0.5, 0.6) is 5.75 Å². The number of hydrogen-bond acceptors (Lipinski definition) is 3. The molecule has 1 aromatic carbocycles. The third-order valence-electron chi connectivity index (χ3n) is 3.94. The summed E-state index contributed by atoms with van der Waals surface area (Å²) in [5.41, 5.74) is 2.99. The van der Waals surface area contributed by atoms with Crippen LogP contribution in [-0.2, 0) is 0 Å². The summed E-state index contributed by atoms with van der Waals surface area (Å²) in [4.78, 5) is 12.7. The lowest BCUT2D eigenvalue weighted by atomic mass is 9.86. The molecule has 0 spiro atoms. The van der Waals surface area contributed by atoms with Crippen LogP contribution in [0, 0.1) is 19.8 Å². The topological polar surface area (TPSA) is 38.3 Å². The highest BCUT2D eigenvalue weighted by atomic mass is 16.5. The van der Waals surface area contributed by atoms with E-state index in [4.69, 9.17) is 4.74 Å².